The van der Waals surface area contributed by atoms with Gasteiger partial charge in [0.25, 0.3) is 11.8 Å². The highest BCUT2D eigenvalue weighted by atomic mass is 16.2. The topological polar surface area (TPSA) is 92.3 Å². The van der Waals surface area contributed by atoms with Crippen LogP contribution < -0.4 is 10.6 Å². The first-order valence-corrected chi connectivity index (χ1v) is 19.9. The van der Waals surface area contributed by atoms with Gasteiger partial charge in [-0.25, -0.2) is 0 Å². The van der Waals surface area contributed by atoms with Crippen LogP contribution in [0.5, 0.6) is 0 Å². The van der Waals surface area contributed by atoms with E-state index in [0.717, 1.165) is 36.8 Å². The van der Waals surface area contributed by atoms with Crippen molar-refractivity contribution in [2.45, 2.75) is 130 Å². The van der Waals surface area contributed by atoms with E-state index in [1.807, 2.05) is 96.1 Å². The molecule has 0 unspecified atom stereocenters. The molecule has 1 aliphatic rings. The summed E-state index contributed by atoms with van der Waals surface area (Å²) < 4.78 is 0. The molecule has 0 saturated carbocycles. The molecule has 6 nitrogen and oxygen atoms in total. The highest BCUT2D eigenvalue weighted by molar-refractivity contribution is 6.31. The van der Waals surface area contributed by atoms with Gasteiger partial charge >= 0.3 is 0 Å². The van der Waals surface area contributed by atoms with Gasteiger partial charge in [-0.2, -0.15) is 0 Å². The van der Waals surface area contributed by atoms with Crippen LogP contribution in [0.1, 0.15) is 182 Å². The average molecular weight is 727 g/mol. The number of amides is 2. The van der Waals surface area contributed by atoms with Crippen molar-refractivity contribution in [3.8, 4) is 0 Å². The summed E-state index contributed by atoms with van der Waals surface area (Å²) in [4.78, 5) is 56.3. The first kappa shape index (κ1) is 40.3. The minimum absolute atomic E-state index is 0.188. The SMILES string of the molecule is CCCCCCc1ccc(C(=O)Nc2cc3c(cc2C(C)(C)C)C(=O)c2c(NC(=O)c4ccc(CCCCCC)cc4)cc(C(C)(C)C)cc2C3=O)cc1. The zero-order valence-corrected chi connectivity index (χ0v) is 33.6. The van der Waals surface area contributed by atoms with Crippen LogP contribution in [-0.2, 0) is 23.7 Å². The van der Waals surface area contributed by atoms with Gasteiger partial charge in [0.1, 0.15) is 0 Å². The molecule has 0 spiro atoms. The average Bonchev–Trinajstić information content (AvgIpc) is 3.13. The van der Waals surface area contributed by atoms with Crippen molar-refractivity contribution in [2.24, 2.45) is 0 Å². The van der Waals surface area contributed by atoms with Crippen LogP contribution in [0.2, 0.25) is 0 Å². The molecule has 0 aromatic heterocycles. The maximum absolute atomic E-state index is 14.5. The zero-order chi connectivity index (χ0) is 39.2. The molecule has 1 aliphatic carbocycles. The summed E-state index contributed by atoms with van der Waals surface area (Å²) in [6.45, 7) is 16.5. The Kier molecular flexibility index (Phi) is 12.8. The van der Waals surface area contributed by atoms with Crippen molar-refractivity contribution >= 4 is 34.8 Å². The smallest absolute Gasteiger partial charge is 0.255 e. The highest BCUT2D eigenvalue weighted by Crippen LogP contribution is 2.40. The summed E-state index contributed by atoms with van der Waals surface area (Å²) in [5.74, 6) is -1.28. The molecule has 0 atom stereocenters. The van der Waals surface area contributed by atoms with Crippen LogP contribution in [0.25, 0.3) is 0 Å². The summed E-state index contributed by atoms with van der Waals surface area (Å²) in [5, 5.41) is 6.09. The first-order chi connectivity index (χ1) is 25.6. The number of anilines is 2. The van der Waals surface area contributed by atoms with Gasteiger partial charge in [0.15, 0.2) is 11.6 Å². The van der Waals surface area contributed by atoms with Crippen LogP contribution in [0.3, 0.4) is 0 Å². The minimum Gasteiger partial charge on any atom is -0.322 e. The van der Waals surface area contributed by atoms with Gasteiger partial charge in [-0.3, -0.25) is 19.2 Å². The van der Waals surface area contributed by atoms with Crippen LogP contribution in [0.4, 0.5) is 11.4 Å². The first-order valence-electron chi connectivity index (χ1n) is 19.9. The van der Waals surface area contributed by atoms with Crippen LogP contribution in [0, 0.1) is 0 Å². The molecule has 6 heteroatoms. The van der Waals surface area contributed by atoms with Gasteiger partial charge in [-0.05, 0) is 107 Å². The fourth-order valence-corrected chi connectivity index (χ4v) is 7.12. The van der Waals surface area contributed by atoms with Gasteiger partial charge in [0.2, 0.25) is 0 Å². The van der Waals surface area contributed by atoms with E-state index >= 15 is 0 Å². The van der Waals surface area contributed by atoms with E-state index in [-0.39, 0.29) is 51.0 Å². The Balaban J connectivity index is 1.47. The maximum atomic E-state index is 14.5. The monoisotopic (exact) mass is 726 g/mol. The lowest BCUT2D eigenvalue weighted by Crippen LogP contribution is -2.28. The van der Waals surface area contributed by atoms with Crippen molar-refractivity contribution in [3.05, 3.63) is 128 Å². The third-order valence-corrected chi connectivity index (χ3v) is 10.5. The van der Waals surface area contributed by atoms with Crippen molar-refractivity contribution in [3.63, 3.8) is 0 Å². The molecule has 0 heterocycles. The molecule has 284 valence electrons. The summed E-state index contributed by atoms with van der Waals surface area (Å²) in [6, 6.07) is 22.3. The zero-order valence-electron chi connectivity index (χ0n) is 33.6. The molecule has 2 N–H and O–H groups in total. The summed E-state index contributed by atoms with van der Waals surface area (Å²) in [6.07, 6.45) is 11.4. The van der Waals surface area contributed by atoms with Gasteiger partial charge in [-0.1, -0.05) is 118 Å². The molecule has 0 radical (unpaired) electrons. The number of carbonyl (C=O) groups is 4. The molecule has 5 rings (SSSR count). The Bertz CT molecular complexity index is 2010. The molecule has 0 fully saturated rings. The molecule has 54 heavy (non-hydrogen) atoms. The standard InChI is InChI=1S/C48H58N2O4/c1-9-11-13-15-17-31-19-23-33(24-20-31)45(53)49-40-30-37-36(29-39(40)48(6,7)8)44(52)42-38(43(37)51)27-35(47(3,4)5)28-41(42)50-46(54)34-25-21-32(22-26-34)18-16-14-12-10-2/h19-30H,9-18H2,1-8H3,(H,49,53)(H,50,54). The van der Waals surface area contributed by atoms with Crippen LogP contribution >= 0.6 is 0 Å². The lowest BCUT2D eigenvalue weighted by molar-refractivity contribution is 0.0978. The van der Waals surface area contributed by atoms with Crippen LogP contribution in [-0.4, -0.2) is 23.4 Å². The Morgan fingerprint density at radius 2 is 1.00 bits per heavy atom. The number of rotatable bonds is 14. The molecular weight excluding hydrogens is 669 g/mol. The number of carbonyl (C=O) groups excluding carboxylic acids is 4. The number of fused-ring (bicyclic) bond motifs is 2. The predicted octanol–water partition coefficient (Wildman–Crippen LogP) is 11.8. The van der Waals surface area contributed by atoms with E-state index < -0.39 is 5.41 Å². The molecule has 0 saturated heterocycles. The van der Waals surface area contributed by atoms with Gasteiger partial charge in [-0.15, -0.1) is 0 Å². The van der Waals surface area contributed by atoms with E-state index in [0.29, 0.717) is 22.5 Å². The predicted molar refractivity (Wildman–Crippen MR) is 222 cm³/mol. The van der Waals surface area contributed by atoms with E-state index in [9.17, 15) is 19.2 Å². The van der Waals surface area contributed by atoms with Crippen molar-refractivity contribution < 1.29 is 19.2 Å². The molecule has 2 amide bonds. The molecular formula is C48H58N2O4. The fraction of sp³-hybridized carbons (Fsp3) is 0.417. The van der Waals surface area contributed by atoms with Gasteiger partial charge in [0.05, 0.1) is 11.3 Å². The second-order valence-corrected chi connectivity index (χ2v) is 17.0. The summed E-state index contributed by atoms with van der Waals surface area (Å²) in [5.41, 5.74) is 5.82. The number of ketones is 2. The second kappa shape index (κ2) is 17.1. The molecule has 4 aromatic carbocycles. The Morgan fingerprint density at radius 3 is 1.46 bits per heavy atom. The third kappa shape index (κ3) is 9.44. The molecule has 0 aliphatic heterocycles. The maximum Gasteiger partial charge on any atom is 0.255 e. The fourth-order valence-electron chi connectivity index (χ4n) is 7.12. The van der Waals surface area contributed by atoms with Crippen molar-refractivity contribution in [1.29, 1.82) is 0 Å². The van der Waals surface area contributed by atoms with E-state index in [1.54, 1.807) is 18.2 Å². The molecule has 0 bridgehead atoms. The van der Waals surface area contributed by atoms with E-state index in [1.165, 1.54) is 49.7 Å². The van der Waals surface area contributed by atoms with E-state index in [2.05, 4.69) is 24.5 Å². The number of unbranched alkanes of at least 4 members (excludes halogenated alkanes) is 6. The number of nitrogens with one attached hydrogen (secondary N) is 2. The number of benzene rings is 4. The largest absolute Gasteiger partial charge is 0.322 e. The number of hydrogen-bond donors (Lipinski definition) is 2. The quantitative estimate of drug-likeness (QED) is 0.111. The van der Waals surface area contributed by atoms with Crippen molar-refractivity contribution in [1.82, 2.24) is 0 Å². The Labute approximate surface area is 322 Å². The Morgan fingerprint density at radius 1 is 0.519 bits per heavy atom. The summed E-state index contributed by atoms with van der Waals surface area (Å²) >= 11 is 0. The van der Waals surface area contributed by atoms with E-state index in [4.69, 9.17) is 0 Å². The minimum atomic E-state index is -0.473. The third-order valence-electron chi connectivity index (χ3n) is 10.5. The number of aryl methyl sites for hydroxylation is 2. The lowest BCUT2D eigenvalue weighted by Gasteiger charge is -2.29. The second-order valence-electron chi connectivity index (χ2n) is 17.0. The van der Waals surface area contributed by atoms with Crippen LogP contribution in [0.15, 0.2) is 72.8 Å². The number of hydrogen-bond acceptors (Lipinski definition) is 4. The lowest BCUT2D eigenvalue weighted by atomic mass is 9.76. The Hall–Kier alpha value is -4.84. The molecule has 4 aromatic rings. The normalized spacial score (nSPS) is 12.7. The van der Waals surface area contributed by atoms with Crippen molar-refractivity contribution in [2.75, 3.05) is 10.6 Å². The van der Waals surface area contributed by atoms with Gasteiger partial charge in [0, 0.05) is 33.5 Å². The summed E-state index contributed by atoms with van der Waals surface area (Å²) in [7, 11) is 0. The van der Waals surface area contributed by atoms with Gasteiger partial charge < -0.3 is 10.6 Å². The highest BCUT2D eigenvalue weighted by Gasteiger charge is 2.36.